The van der Waals surface area contributed by atoms with Crippen LogP contribution in [0.15, 0.2) is 29.2 Å². The van der Waals surface area contributed by atoms with Gasteiger partial charge < -0.3 is 5.11 Å². The molecule has 1 fully saturated rings. The molecular formula is C13H18BrNO3S. The normalized spacial score (nSPS) is 25.4. The molecule has 1 saturated heterocycles. The van der Waals surface area contributed by atoms with E-state index in [2.05, 4.69) is 15.9 Å². The highest BCUT2D eigenvalue weighted by Gasteiger charge is 2.32. The molecule has 1 aliphatic heterocycles. The Morgan fingerprint density at radius 2 is 2.00 bits per heavy atom. The number of aliphatic hydroxyl groups excluding tert-OH is 1. The van der Waals surface area contributed by atoms with Gasteiger partial charge in [0.1, 0.15) is 0 Å². The molecule has 1 aromatic carbocycles. The summed E-state index contributed by atoms with van der Waals surface area (Å²) in [7, 11) is -3.44. The van der Waals surface area contributed by atoms with E-state index in [0.717, 1.165) is 5.56 Å². The second-order valence-electron chi connectivity index (χ2n) is 4.97. The molecule has 2 atom stereocenters. The topological polar surface area (TPSA) is 57.6 Å². The van der Waals surface area contributed by atoms with Gasteiger partial charge in [0.2, 0.25) is 10.0 Å². The Kier molecular flexibility index (Phi) is 4.66. The minimum atomic E-state index is -3.44. The lowest BCUT2D eigenvalue weighted by Crippen LogP contribution is -2.44. The van der Waals surface area contributed by atoms with Crippen molar-refractivity contribution in [2.24, 2.45) is 5.92 Å². The maximum Gasteiger partial charge on any atom is 0.243 e. The molecule has 0 aliphatic carbocycles. The lowest BCUT2D eigenvalue weighted by Gasteiger charge is -2.33. The maximum absolute atomic E-state index is 12.5. The fraction of sp³-hybridized carbons (Fsp3) is 0.538. The number of alkyl halides is 1. The SMILES string of the molecule is CC1CN(S(=O)(=O)c2ccc(CBr)cc2)CCC1O. The number of sulfonamides is 1. The molecule has 0 amide bonds. The molecule has 106 valence electrons. The highest BCUT2D eigenvalue weighted by Crippen LogP contribution is 2.24. The van der Waals surface area contributed by atoms with Gasteiger partial charge in [0.25, 0.3) is 0 Å². The van der Waals surface area contributed by atoms with E-state index >= 15 is 0 Å². The van der Waals surface area contributed by atoms with Crippen LogP contribution in [0, 0.1) is 5.92 Å². The van der Waals surface area contributed by atoms with Gasteiger partial charge in [-0.05, 0) is 30.0 Å². The number of nitrogens with zero attached hydrogens (tertiary/aromatic N) is 1. The summed E-state index contributed by atoms with van der Waals surface area (Å²) in [5.74, 6) is -0.0228. The minimum absolute atomic E-state index is 0.0228. The van der Waals surface area contributed by atoms with Crippen LogP contribution in [0.2, 0.25) is 0 Å². The van der Waals surface area contributed by atoms with Crippen LogP contribution in [0.5, 0.6) is 0 Å². The van der Waals surface area contributed by atoms with Gasteiger partial charge in [-0.2, -0.15) is 4.31 Å². The van der Waals surface area contributed by atoms with Crippen molar-refractivity contribution in [3.8, 4) is 0 Å². The summed E-state index contributed by atoms with van der Waals surface area (Å²) in [6.07, 6.45) is 0.0992. The zero-order chi connectivity index (χ0) is 14.0. The fourth-order valence-corrected chi connectivity index (χ4v) is 4.14. The first kappa shape index (κ1) is 15.0. The zero-order valence-electron chi connectivity index (χ0n) is 10.8. The Balaban J connectivity index is 2.21. The van der Waals surface area contributed by atoms with Gasteiger partial charge in [0, 0.05) is 18.4 Å². The van der Waals surface area contributed by atoms with Gasteiger partial charge in [0.05, 0.1) is 11.0 Å². The smallest absolute Gasteiger partial charge is 0.243 e. The first-order chi connectivity index (χ1) is 8.95. The lowest BCUT2D eigenvalue weighted by atomic mass is 9.99. The van der Waals surface area contributed by atoms with Gasteiger partial charge in [-0.25, -0.2) is 8.42 Å². The van der Waals surface area contributed by atoms with Gasteiger partial charge in [-0.1, -0.05) is 35.0 Å². The van der Waals surface area contributed by atoms with Crippen LogP contribution >= 0.6 is 15.9 Å². The van der Waals surface area contributed by atoms with E-state index in [1.165, 1.54) is 4.31 Å². The van der Waals surface area contributed by atoms with Crippen LogP contribution in [0.3, 0.4) is 0 Å². The van der Waals surface area contributed by atoms with Gasteiger partial charge >= 0.3 is 0 Å². The standard InChI is InChI=1S/C13H18BrNO3S/c1-10-9-15(7-6-13(10)16)19(17,18)12-4-2-11(8-14)3-5-12/h2-5,10,13,16H,6-9H2,1H3. The van der Waals surface area contributed by atoms with Crippen LogP contribution in [-0.2, 0) is 15.4 Å². The fourth-order valence-electron chi connectivity index (χ4n) is 2.21. The predicted molar refractivity (Wildman–Crippen MR) is 77.6 cm³/mol. The number of halogens is 1. The van der Waals surface area contributed by atoms with Gasteiger partial charge in [-0.15, -0.1) is 0 Å². The van der Waals surface area contributed by atoms with Crippen molar-refractivity contribution in [1.29, 1.82) is 0 Å². The average molecular weight is 348 g/mol. The van der Waals surface area contributed by atoms with Crippen LogP contribution in [0.1, 0.15) is 18.9 Å². The van der Waals surface area contributed by atoms with E-state index in [9.17, 15) is 13.5 Å². The molecule has 6 heteroatoms. The van der Waals surface area contributed by atoms with E-state index in [0.29, 0.717) is 29.7 Å². The van der Waals surface area contributed by atoms with Crippen LogP contribution < -0.4 is 0 Å². The van der Waals surface area contributed by atoms with Crippen molar-refractivity contribution >= 4 is 26.0 Å². The first-order valence-corrected chi connectivity index (χ1v) is 8.84. The third kappa shape index (κ3) is 3.18. The maximum atomic E-state index is 12.5. The highest BCUT2D eigenvalue weighted by atomic mass is 79.9. The summed E-state index contributed by atoms with van der Waals surface area (Å²) >= 11 is 3.34. The Morgan fingerprint density at radius 3 is 2.53 bits per heavy atom. The first-order valence-electron chi connectivity index (χ1n) is 6.28. The Bertz CT molecular complexity index is 529. The Hall–Kier alpha value is -0.430. The van der Waals surface area contributed by atoms with Crippen LogP contribution in [0.4, 0.5) is 0 Å². The molecule has 4 nitrogen and oxygen atoms in total. The Labute approximate surface area is 122 Å². The summed E-state index contributed by atoms with van der Waals surface area (Å²) in [5, 5.41) is 10.4. The van der Waals surface area contributed by atoms with Crippen molar-refractivity contribution in [3.05, 3.63) is 29.8 Å². The molecule has 19 heavy (non-hydrogen) atoms. The molecule has 2 unspecified atom stereocenters. The minimum Gasteiger partial charge on any atom is -0.393 e. The Morgan fingerprint density at radius 1 is 1.37 bits per heavy atom. The number of hydrogen-bond donors (Lipinski definition) is 1. The summed E-state index contributed by atoms with van der Waals surface area (Å²) in [6.45, 7) is 2.64. The van der Waals surface area contributed by atoms with Crippen LogP contribution in [0.25, 0.3) is 0 Å². The third-order valence-corrected chi connectivity index (χ3v) is 6.07. The van der Waals surface area contributed by atoms with E-state index in [4.69, 9.17) is 0 Å². The van der Waals surface area contributed by atoms with E-state index in [-0.39, 0.29) is 5.92 Å². The number of rotatable bonds is 3. The second kappa shape index (κ2) is 5.91. The molecule has 0 saturated carbocycles. The molecule has 0 aromatic heterocycles. The van der Waals surface area contributed by atoms with Crippen molar-refractivity contribution < 1.29 is 13.5 Å². The molecule has 1 aromatic rings. The molecule has 1 aliphatic rings. The summed E-state index contributed by atoms with van der Waals surface area (Å²) in [6, 6.07) is 6.90. The summed E-state index contributed by atoms with van der Waals surface area (Å²) < 4.78 is 26.4. The second-order valence-corrected chi connectivity index (χ2v) is 7.47. The average Bonchev–Trinajstić information content (AvgIpc) is 2.41. The zero-order valence-corrected chi connectivity index (χ0v) is 13.2. The van der Waals surface area contributed by atoms with E-state index in [1.807, 2.05) is 19.1 Å². The predicted octanol–water partition coefficient (Wildman–Crippen LogP) is 1.97. The molecule has 0 radical (unpaired) electrons. The van der Waals surface area contributed by atoms with Crippen molar-refractivity contribution in [2.75, 3.05) is 13.1 Å². The lowest BCUT2D eigenvalue weighted by molar-refractivity contribution is 0.0628. The monoisotopic (exact) mass is 347 g/mol. The van der Waals surface area contributed by atoms with Crippen molar-refractivity contribution in [2.45, 2.75) is 29.7 Å². The van der Waals surface area contributed by atoms with Crippen molar-refractivity contribution in [1.82, 2.24) is 4.31 Å². The number of hydrogen-bond acceptors (Lipinski definition) is 3. The number of piperidine rings is 1. The molecular weight excluding hydrogens is 330 g/mol. The van der Waals surface area contributed by atoms with E-state index < -0.39 is 16.1 Å². The quantitative estimate of drug-likeness (QED) is 0.850. The molecule has 2 rings (SSSR count). The van der Waals surface area contributed by atoms with Gasteiger partial charge in [-0.3, -0.25) is 0 Å². The van der Waals surface area contributed by atoms with E-state index in [1.54, 1.807) is 12.1 Å². The third-order valence-electron chi connectivity index (χ3n) is 3.54. The van der Waals surface area contributed by atoms with Crippen molar-refractivity contribution in [3.63, 3.8) is 0 Å². The molecule has 1 N–H and O–H groups in total. The highest BCUT2D eigenvalue weighted by molar-refractivity contribution is 9.08. The molecule has 0 spiro atoms. The largest absolute Gasteiger partial charge is 0.393 e. The number of benzene rings is 1. The number of aliphatic hydroxyl groups is 1. The molecule has 0 bridgehead atoms. The van der Waals surface area contributed by atoms with Crippen LogP contribution in [-0.4, -0.2) is 37.0 Å². The summed E-state index contributed by atoms with van der Waals surface area (Å²) in [4.78, 5) is 0.320. The summed E-state index contributed by atoms with van der Waals surface area (Å²) in [5.41, 5.74) is 1.04. The van der Waals surface area contributed by atoms with Gasteiger partial charge in [0.15, 0.2) is 0 Å². The molecule has 1 heterocycles.